The van der Waals surface area contributed by atoms with Crippen LogP contribution in [-0.4, -0.2) is 35.9 Å². The molecular weight excluding hydrogens is 354 g/mol. The van der Waals surface area contributed by atoms with Crippen molar-refractivity contribution in [2.24, 2.45) is 0 Å². The summed E-state index contributed by atoms with van der Waals surface area (Å²) < 4.78 is 1.81. The largest absolute Gasteiger partial charge is 0.321 e. The maximum absolute atomic E-state index is 12.5. The third kappa shape index (κ3) is 3.52. The van der Waals surface area contributed by atoms with E-state index in [1.54, 1.807) is 0 Å². The zero-order chi connectivity index (χ0) is 19.5. The number of aromatic nitrogens is 6. The molecule has 4 aromatic rings. The molecule has 1 N–H and O–H groups in total. The van der Waals surface area contributed by atoms with E-state index in [1.165, 1.54) is 4.80 Å². The highest BCUT2D eigenvalue weighted by Crippen LogP contribution is 2.22. The predicted molar refractivity (Wildman–Crippen MR) is 105 cm³/mol. The number of hydrogen-bond donors (Lipinski definition) is 1. The summed E-state index contributed by atoms with van der Waals surface area (Å²) in [6.07, 6.45) is 0. The number of rotatable bonds is 5. The van der Waals surface area contributed by atoms with Gasteiger partial charge in [0, 0.05) is 5.56 Å². The SMILES string of the molecule is Cc1nn(-c2ccccc2)c(C)c1NC(=O)Cn1nnc(-c2ccccc2)n1. The molecule has 28 heavy (non-hydrogen) atoms. The molecule has 0 radical (unpaired) electrons. The van der Waals surface area contributed by atoms with Crippen molar-refractivity contribution in [3.05, 3.63) is 72.1 Å². The number of carbonyl (C=O) groups excluding carboxylic acids is 1. The zero-order valence-electron chi connectivity index (χ0n) is 15.6. The van der Waals surface area contributed by atoms with Crippen molar-refractivity contribution in [1.82, 2.24) is 30.0 Å². The van der Waals surface area contributed by atoms with E-state index in [1.807, 2.05) is 79.2 Å². The molecule has 4 rings (SSSR count). The second kappa shape index (κ2) is 7.43. The Bertz CT molecular complexity index is 1100. The number of tetrazole rings is 1. The second-order valence-electron chi connectivity index (χ2n) is 6.35. The summed E-state index contributed by atoms with van der Waals surface area (Å²) in [7, 11) is 0. The Morgan fingerprint density at radius 3 is 2.36 bits per heavy atom. The highest BCUT2D eigenvalue weighted by Gasteiger charge is 2.16. The fourth-order valence-corrected chi connectivity index (χ4v) is 2.96. The Hall–Kier alpha value is -3.81. The number of nitrogens with zero attached hydrogens (tertiary/aromatic N) is 6. The number of aryl methyl sites for hydroxylation is 1. The minimum Gasteiger partial charge on any atom is -0.321 e. The van der Waals surface area contributed by atoms with Crippen LogP contribution in [0.3, 0.4) is 0 Å². The molecule has 140 valence electrons. The first-order chi connectivity index (χ1) is 13.6. The molecule has 0 atom stereocenters. The Morgan fingerprint density at radius 2 is 1.64 bits per heavy atom. The number of para-hydroxylation sites is 1. The molecule has 0 spiro atoms. The molecule has 0 fully saturated rings. The first kappa shape index (κ1) is 17.6. The summed E-state index contributed by atoms with van der Waals surface area (Å²) in [5, 5.41) is 19.7. The van der Waals surface area contributed by atoms with E-state index in [0.717, 1.165) is 22.6 Å². The van der Waals surface area contributed by atoms with Gasteiger partial charge in [-0.1, -0.05) is 48.5 Å². The van der Waals surface area contributed by atoms with Gasteiger partial charge >= 0.3 is 0 Å². The van der Waals surface area contributed by atoms with Crippen LogP contribution in [0, 0.1) is 13.8 Å². The molecule has 2 aromatic carbocycles. The van der Waals surface area contributed by atoms with Crippen LogP contribution in [0.5, 0.6) is 0 Å². The van der Waals surface area contributed by atoms with Gasteiger partial charge in [-0.25, -0.2) is 4.68 Å². The van der Waals surface area contributed by atoms with Gasteiger partial charge in [0.15, 0.2) is 0 Å². The van der Waals surface area contributed by atoms with Crippen LogP contribution in [0.1, 0.15) is 11.4 Å². The molecule has 0 bridgehead atoms. The smallest absolute Gasteiger partial charge is 0.248 e. The van der Waals surface area contributed by atoms with Gasteiger partial charge in [-0.2, -0.15) is 9.90 Å². The van der Waals surface area contributed by atoms with E-state index in [4.69, 9.17) is 0 Å². The molecule has 0 saturated heterocycles. The predicted octanol–water partition coefficient (Wildman–Crippen LogP) is 2.78. The number of nitrogens with one attached hydrogen (secondary N) is 1. The molecule has 1 amide bonds. The van der Waals surface area contributed by atoms with E-state index < -0.39 is 0 Å². The van der Waals surface area contributed by atoms with Crippen LogP contribution < -0.4 is 5.32 Å². The lowest BCUT2D eigenvalue weighted by atomic mass is 10.2. The van der Waals surface area contributed by atoms with Crippen LogP contribution in [-0.2, 0) is 11.3 Å². The molecule has 8 heteroatoms. The van der Waals surface area contributed by atoms with Crippen molar-refractivity contribution < 1.29 is 4.79 Å². The third-order valence-electron chi connectivity index (χ3n) is 4.33. The van der Waals surface area contributed by atoms with E-state index in [9.17, 15) is 4.79 Å². The number of hydrogen-bond acceptors (Lipinski definition) is 5. The number of benzene rings is 2. The molecule has 8 nitrogen and oxygen atoms in total. The van der Waals surface area contributed by atoms with E-state index in [-0.39, 0.29) is 12.5 Å². The lowest BCUT2D eigenvalue weighted by Crippen LogP contribution is -2.21. The fraction of sp³-hybridized carbons (Fsp3) is 0.150. The average Bonchev–Trinajstić information content (AvgIpc) is 3.29. The van der Waals surface area contributed by atoms with Crippen LogP contribution >= 0.6 is 0 Å². The first-order valence-corrected chi connectivity index (χ1v) is 8.86. The Balaban J connectivity index is 1.49. The molecule has 0 aliphatic carbocycles. The van der Waals surface area contributed by atoms with E-state index in [2.05, 4.69) is 25.8 Å². The van der Waals surface area contributed by atoms with Gasteiger partial charge in [-0.05, 0) is 31.2 Å². The highest BCUT2D eigenvalue weighted by atomic mass is 16.2. The van der Waals surface area contributed by atoms with Crippen molar-refractivity contribution in [3.8, 4) is 17.1 Å². The van der Waals surface area contributed by atoms with E-state index >= 15 is 0 Å². The topological polar surface area (TPSA) is 90.5 Å². The summed E-state index contributed by atoms with van der Waals surface area (Å²) in [6.45, 7) is 3.75. The normalized spacial score (nSPS) is 10.8. The number of amides is 1. The monoisotopic (exact) mass is 373 g/mol. The van der Waals surface area contributed by atoms with Gasteiger partial charge in [0.05, 0.1) is 22.8 Å². The van der Waals surface area contributed by atoms with Gasteiger partial charge < -0.3 is 5.32 Å². The zero-order valence-corrected chi connectivity index (χ0v) is 15.6. The quantitative estimate of drug-likeness (QED) is 0.581. The van der Waals surface area contributed by atoms with Crippen molar-refractivity contribution in [3.63, 3.8) is 0 Å². The third-order valence-corrected chi connectivity index (χ3v) is 4.33. The van der Waals surface area contributed by atoms with Gasteiger partial charge in [0.25, 0.3) is 0 Å². The maximum atomic E-state index is 12.5. The summed E-state index contributed by atoms with van der Waals surface area (Å²) in [5.74, 6) is 0.244. The minimum atomic E-state index is -0.240. The van der Waals surface area contributed by atoms with Gasteiger partial charge in [0.1, 0.15) is 6.54 Å². The first-order valence-electron chi connectivity index (χ1n) is 8.86. The average molecular weight is 373 g/mol. The lowest BCUT2D eigenvalue weighted by molar-refractivity contribution is -0.117. The second-order valence-corrected chi connectivity index (χ2v) is 6.35. The molecule has 0 saturated carbocycles. The molecule has 2 aromatic heterocycles. The lowest BCUT2D eigenvalue weighted by Gasteiger charge is -2.06. The standard InChI is InChI=1S/C20H19N7O/c1-14-19(15(2)27(23-14)17-11-7-4-8-12-17)21-18(28)13-26-24-20(22-25-26)16-9-5-3-6-10-16/h3-12H,13H2,1-2H3,(H,21,28). The molecular formula is C20H19N7O. The van der Waals surface area contributed by atoms with Crippen LogP contribution in [0.4, 0.5) is 5.69 Å². The van der Waals surface area contributed by atoms with E-state index in [0.29, 0.717) is 11.5 Å². The van der Waals surface area contributed by atoms with Crippen molar-refractivity contribution in [1.29, 1.82) is 0 Å². The Kier molecular flexibility index (Phi) is 4.67. The summed E-state index contributed by atoms with van der Waals surface area (Å²) in [6, 6.07) is 19.3. The van der Waals surface area contributed by atoms with Gasteiger partial charge in [-0.3, -0.25) is 4.79 Å². The Labute approximate surface area is 161 Å². The summed E-state index contributed by atoms with van der Waals surface area (Å²) >= 11 is 0. The van der Waals surface area contributed by atoms with Crippen molar-refractivity contribution in [2.45, 2.75) is 20.4 Å². The number of carbonyl (C=O) groups is 1. The maximum Gasteiger partial charge on any atom is 0.248 e. The van der Waals surface area contributed by atoms with Crippen LogP contribution in [0.2, 0.25) is 0 Å². The summed E-state index contributed by atoms with van der Waals surface area (Å²) in [4.78, 5) is 13.8. The van der Waals surface area contributed by atoms with Crippen LogP contribution in [0.15, 0.2) is 60.7 Å². The molecule has 2 heterocycles. The summed E-state index contributed by atoms with van der Waals surface area (Å²) in [5.41, 5.74) is 4.08. The molecule has 0 aliphatic heterocycles. The molecule has 0 unspecified atom stereocenters. The van der Waals surface area contributed by atoms with Crippen molar-refractivity contribution in [2.75, 3.05) is 5.32 Å². The van der Waals surface area contributed by atoms with Crippen LogP contribution in [0.25, 0.3) is 17.1 Å². The minimum absolute atomic E-state index is 0.0325. The fourth-order valence-electron chi connectivity index (χ4n) is 2.96. The Morgan fingerprint density at radius 1 is 0.964 bits per heavy atom. The van der Waals surface area contributed by atoms with Gasteiger partial charge in [0.2, 0.25) is 11.7 Å². The van der Waals surface area contributed by atoms with Gasteiger partial charge in [-0.15, -0.1) is 10.2 Å². The van der Waals surface area contributed by atoms with Crippen molar-refractivity contribution >= 4 is 11.6 Å². The molecule has 0 aliphatic rings. The highest BCUT2D eigenvalue weighted by molar-refractivity contribution is 5.91. The number of anilines is 1.